The maximum atomic E-state index is 13.7. The molecule has 1 aliphatic rings. The molecule has 1 heterocycles. The Labute approximate surface area is 213 Å². The molecule has 0 radical (unpaired) electrons. The minimum atomic E-state index is -4.59. The molecule has 196 valence electrons. The second-order valence-corrected chi connectivity index (χ2v) is 12.3. The van der Waals surface area contributed by atoms with Crippen LogP contribution in [0, 0.1) is 12.3 Å². The lowest BCUT2D eigenvalue weighted by Gasteiger charge is -2.23. The van der Waals surface area contributed by atoms with Gasteiger partial charge in [-0.2, -0.15) is 26.3 Å². The number of hydrogen-bond acceptors (Lipinski definition) is 2. The maximum absolute atomic E-state index is 13.7. The van der Waals surface area contributed by atoms with Gasteiger partial charge in [0.05, 0.1) is 17.2 Å². The first kappa shape index (κ1) is 27.2. The van der Waals surface area contributed by atoms with Crippen LogP contribution in [0.15, 0.2) is 71.7 Å². The molecule has 0 fully saturated rings. The average Bonchev–Trinajstić information content (AvgIpc) is 3.31. The monoisotopic (exact) mass is 537 g/mol. The van der Waals surface area contributed by atoms with E-state index in [0.29, 0.717) is 10.6 Å². The maximum Gasteiger partial charge on any atom is 0.416 e. The molecule has 0 saturated carbocycles. The van der Waals surface area contributed by atoms with Crippen molar-refractivity contribution in [3.05, 3.63) is 89.0 Å². The molecule has 0 N–H and O–H groups in total. The van der Waals surface area contributed by atoms with Gasteiger partial charge in [0.15, 0.2) is 0 Å². The lowest BCUT2D eigenvalue weighted by atomic mass is 9.88. The fourth-order valence-corrected chi connectivity index (χ4v) is 6.34. The van der Waals surface area contributed by atoms with Crippen molar-refractivity contribution in [2.24, 2.45) is 10.4 Å². The van der Waals surface area contributed by atoms with E-state index >= 15 is 0 Å². The predicted octanol–water partition coefficient (Wildman–Crippen LogP) is 6.98. The first-order valence-corrected chi connectivity index (χ1v) is 12.9. The summed E-state index contributed by atoms with van der Waals surface area (Å²) in [6, 6.07) is 15.4. The van der Waals surface area contributed by atoms with Crippen LogP contribution in [-0.2, 0) is 17.1 Å². The van der Waals surface area contributed by atoms with Gasteiger partial charge in [-0.3, -0.25) is 0 Å². The van der Waals surface area contributed by atoms with E-state index in [1.54, 1.807) is 0 Å². The van der Waals surface area contributed by atoms with Gasteiger partial charge < -0.3 is 4.74 Å². The summed E-state index contributed by atoms with van der Waals surface area (Å²) in [5, 5.41) is 1.88. The molecule has 0 saturated heterocycles. The molecule has 0 spiro atoms. The Hall–Kier alpha value is -2.86. The van der Waals surface area contributed by atoms with Gasteiger partial charge in [-0.25, -0.2) is 4.99 Å². The third kappa shape index (κ3) is 6.01. The van der Waals surface area contributed by atoms with Gasteiger partial charge in [0.1, 0.15) is 6.61 Å². The molecule has 2 nitrogen and oxygen atoms in total. The molecule has 3 aromatic rings. The van der Waals surface area contributed by atoms with Gasteiger partial charge in [-0.15, -0.1) is 0 Å². The van der Waals surface area contributed by atoms with Crippen LogP contribution in [-0.4, -0.2) is 18.5 Å². The first-order chi connectivity index (χ1) is 17.1. The van der Waals surface area contributed by atoms with Gasteiger partial charge in [0.25, 0.3) is 0 Å². The van der Waals surface area contributed by atoms with Crippen molar-refractivity contribution in [3.63, 3.8) is 0 Å². The molecule has 0 bridgehead atoms. The van der Waals surface area contributed by atoms with Crippen LogP contribution in [0.1, 0.15) is 43.0 Å². The van der Waals surface area contributed by atoms with Crippen molar-refractivity contribution >= 4 is 29.7 Å². The fraction of sp³-hybridized carbons (Fsp3) is 0.321. The topological polar surface area (TPSA) is 21.6 Å². The summed E-state index contributed by atoms with van der Waals surface area (Å²) < 4.78 is 86.7. The number of aryl methyl sites for hydroxylation is 1. The summed E-state index contributed by atoms with van der Waals surface area (Å²) in [5.41, 5.74) is -0.718. The molecule has 0 amide bonds. The summed E-state index contributed by atoms with van der Waals surface area (Å²) in [6.07, 6.45) is -9.09. The minimum Gasteiger partial charge on any atom is -0.475 e. The second kappa shape index (κ2) is 9.79. The Balaban J connectivity index is 1.93. The Morgan fingerprint density at radius 1 is 0.757 bits per heavy atom. The highest BCUT2D eigenvalue weighted by Gasteiger charge is 2.36. The molecule has 1 unspecified atom stereocenters. The van der Waals surface area contributed by atoms with Crippen molar-refractivity contribution in [1.82, 2.24) is 0 Å². The molecule has 4 rings (SSSR count). The van der Waals surface area contributed by atoms with Crippen LogP contribution >= 0.6 is 7.92 Å². The first-order valence-electron chi connectivity index (χ1n) is 11.6. The van der Waals surface area contributed by atoms with E-state index in [1.807, 2.05) is 52.0 Å². The SMILES string of the molecule is Cc1ccc(P(c2ccc(C(F)(F)F)cc2)c2ccc(C(F)(F)F)cc2C2=N[C@H](C(C)(C)C)CO2)cc1. The number of hydrogen-bond donors (Lipinski definition) is 0. The molecule has 1 aliphatic heterocycles. The molecule has 2 atom stereocenters. The van der Waals surface area contributed by atoms with E-state index < -0.39 is 31.4 Å². The number of alkyl halides is 6. The zero-order chi connectivity index (χ0) is 27.2. The number of halogens is 6. The third-order valence-electron chi connectivity index (χ3n) is 6.19. The Morgan fingerprint density at radius 3 is 1.76 bits per heavy atom. The quantitative estimate of drug-likeness (QED) is 0.260. The zero-order valence-corrected chi connectivity index (χ0v) is 21.6. The predicted molar refractivity (Wildman–Crippen MR) is 136 cm³/mol. The average molecular weight is 537 g/mol. The molecule has 9 heteroatoms. The van der Waals surface area contributed by atoms with Crippen LogP contribution in [0.25, 0.3) is 0 Å². The standard InChI is InChI=1S/C28H26F6NOP/c1-17-5-10-20(11-6-17)37(21-12-7-18(8-13-21)27(29,30)31)23-14-9-19(28(32,33)34)15-22(23)25-35-24(16-36-25)26(2,3)4/h5-15,24H,16H2,1-4H3/t24-,37?/m0/s1. The minimum absolute atomic E-state index is 0.118. The van der Waals surface area contributed by atoms with Crippen molar-refractivity contribution in [2.75, 3.05) is 6.61 Å². The Kier molecular flexibility index (Phi) is 7.19. The third-order valence-corrected chi connectivity index (χ3v) is 8.69. The number of aliphatic imine (C=N–C) groups is 1. The number of ether oxygens (including phenoxy) is 1. The van der Waals surface area contributed by atoms with Gasteiger partial charge in [-0.05, 0) is 60.4 Å². The number of benzene rings is 3. The van der Waals surface area contributed by atoms with Gasteiger partial charge in [0, 0.05) is 5.56 Å². The summed E-state index contributed by atoms with van der Waals surface area (Å²) in [7, 11) is -1.53. The van der Waals surface area contributed by atoms with E-state index in [0.717, 1.165) is 35.1 Å². The Morgan fingerprint density at radius 2 is 1.27 bits per heavy atom. The smallest absolute Gasteiger partial charge is 0.416 e. The number of rotatable bonds is 4. The molecular weight excluding hydrogens is 511 g/mol. The summed E-state index contributed by atoms with van der Waals surface area (Å²) >= 11 is 0. The van der Waals surface area contributed by atoms with Crippen LogP contribution < -0.4 is 15.9 Å². The number of nitrogens with zero attached hydrogens (tertiary/aromatic N) is 1. The van der Waals surface area contributed by atoms with Crippen LogP contribution in [0.2, 0.25) is 0 Å². The van der Waals surface area contributed by atoms with Crippen LogP contribution in [0.4, 0.5) is 26.3 Å². The summed E-state index contributed by atoms with van der Waals surface area (Å²) in [4.78, 5) is 4.63. The van der Waals surface area contributed by atoms with Crippen molar-refractivity contribution in [1.29, 1.82) is 0 Å². The molecule has 3 aromatic carbocycles. The Bertz CT molecular complexity index is 1290. The largest absolute Gasteiger partial charge is 0.475 e. The van der Waals surface area contributed by atoms with Gasteiger partial charge in [0.2, 0.25) is 5.90 Å². The molecule has 0 aliphatic carbocycles. The highest BCUT2D eigenvalue weighted by molar-refractivity contribution is 7.80. The molecule has 0 aromatic heterocycles. The van der Waals surface area contributed by atoms with Crippen molar-refractivity contribution < 1.29 is 31.1 Å². The highest BCUT2D eigenvalue weighted by atomic mass is 31.1. The van der Waals surface area contributed by atoms with E-state index in [-0.39, 0.29) is 29.5 Å². The van der Waals surface area contributed by atoms with E-state index in [4.69, 9.17) is 4.74 Å². The van der Waals surface area contributed by atoms with Crippen LogP contribution in [0.5, 0.6) is 0 Å². The van der Waals surface area contributed by atoms with E-state index in [1.165, 1.54) is 18.2 Å². The van der Waals surface area contributed by atoms with Crippen molar-refractivity contribution in [2.45, 2.75) is 46.1 Å². The zero-order valence-electron chi connectivity index (χ0n) is 20.7. The lowest BCUT2D eigenvalue weighted by Crippen LogP contribution is -2.27. The lowest BCUT2D eigenvalue weighted by molar-refractivity contribution is -0.138. The fourth-order valence-electron chi connectivity index (χ4n) is 3.96. The van der Waals surface area contributed by atoms with Gasteiger partial charge >= 0.3 is 12.4 Å². The van der Waals surface area contributed by atoms with E-state index in [2.05, 4.69) is 4.99 Å². The highest BCUT2D eigenvalue weighted by Crippen LogP contribution is 2.39. The van der Waals surface area contributed by atoms with Crippen molar-refractivity contribution in [3.8, 4) is 0 Å². The molecular formula is C28H26F6NOP. The van der Waals surface area contributed by atoms with Gasteiger partial charge in [-0.1, -0.05) is 68.8 Å². The van der Waals surface area contributed by atoms with E-state index in [9.17, 15) is 26.3 Å². The second-order valence-electron chi connectivity index (χ2n) is 10.1. The van der Waals surface area contributed by atoms with Crippen LogP contribution in [0.3, 0.4) is 0 Å². The normalized spacial score (nSPS) is 17.4. The summed E-state index contributed by atoms with van der Waals surface area (Å²) in [5.74, 6) is 0.118. The molecule has 37 heavy (non-hydrogen) atoms. The summed E-state index contributed by atoms with van der Waals surface area (Å²) in [6.45, 7) is 8.06.